The Morgan fingerprint density at radius 2 is 1.93 bits per heavy atom. The highest BCUT2D eigenvalue weighted by Gasteiger charge is 2.69. The molecule has 0 amide bonds. The van der Waals surface area contributed by atoms with Crippen molar-refractivity contribution in [3.05, 3.63) is 0 Å². The molecule has 15 heavy (non-hydrogen) atoms. The summed E-state index contributed by atoms with van der Waals surface area (Å²) in [6.07, 6.45) is 2.42. The Hall–Kier alpha value is -0.570. The first kappa shape index (κ1) is 10.9. The van der Waals surface area contributed by atoms with E-state index in [9.17, 15) is 9.90 Å². The van der Waals surface area contributed by atoms with E-state index in [1.54, 1.807) is 0 Å². The molecule has 2 bridgehead atoms. The molecule has 3 heteroatoms. The number of fused-ring (bicyclic) bond motifs is 2. The Balaban J connectivity index is 2.40. The van der Waals surface area contributed by atoms with Crippen LogP contribution in [0.5, 0.6) is 0 Å². The van der Waals surface area contributed by atoms with Crippen molar-refractivity contribution in [3.63, 3.8) is 0 Å². The van der Waals surface area contributed by atoms with Gasteiger partial charge >= 0.3 is 5.97 Å². The van der Waals surface area contributed by atoms with E-state index in [0.29, 0.717) is 6.42 Å². The maximum atomic E-state index is 11.0. The largest absolute Gasteiger partial charge is 0.481 e. The van der Waals surface area contributed by atoms with Crippen molar-refractivity contribution in [2.45, 2.75) is 52.6 Å². The van der Waals surface area contributed by atoms with Crippen LogP contribution in [0.2, 0.25) is 0 Å². The minimum absolute atomic E-state index is 0.0716. The van der Waals surface area contributed by atoms with Crippen LogP contribution in [0, 0.1) is 16.2 Å². The second-order valence-electron chi connectivity index (χ2n) is 6.11. The number of hydrogen-bond donors (Lipinski definition) is 2. The van der Waals surface area contributed by atoms with Gasteiger partial charge in [0.1, 0.15) is 0 Å². The summed E-state index contributed by atoms with van der Waals surface area (Å²) >= 11 is 0. The lowest BCUT2D eigenvalue weighted by Crippen LogP contribution is -2.37. The lowest BCUT2D eigenvalue weighted by molar-refractivity contribution is -0.141. The topological polar surface area (TPSA) is 57.5 Å². The first-order chi connectivity index (χ1) is 6.75. The fourth-order valence-electron chi connectivity index (χ4n) is 3.94. The van der Waals surface area contributed by atoms with Gasteiger partial charge in [0, 0.05) is 0 Å². The molecule has 3 nitrogen and oxygen atoms in total. The molecule has 2 aliphatic carbocycles. The normalized spacial score (nSPS) is 47.1. The predicted molar refractivity (Wildman–Crippen MR) is 56.4 cm³/mol. The van der Waals surface area contributed by atoms with Gasteiger partial charge in [-0.2, -0.15) is 0 Å². The van der Waals surface area contributed by atoms with Crippen LogP contribution >= 0.6 is 0 Å². The predicted octanol–water partition coefficient (Wildman–Crippen LogP) is 2.04. The highest BCUT2D eigenvalue weighted by atomic mass is 16.4. The molecule has 86 valence electrons. The number of carboxylic acids is 1. The van der Waals surface area contributed by atoms with Crippen LogP contribution in [0.25, 0.3) is 0 Å². The lowest BCUT2D eigenvalue weighted by atomic mass is 9.64. The summed E-state index contributed by atoms with van der Waals surface area (Å²) in [6, 6.07) is 0. The number of aliphatic carboxylic acids is 1. The molecule has 0 aromatic rings. The summed E-state index contributed by atoms with van der Waals surface area (Å²) in [5.74, 6) is -0.735. The van der Waals surface area contributed by atoms with E-state index in [-0.39, 0.29) is 28.8 Å². The quantitative estimate of drug-likeness (QED) is 0.736. The second-order valence-corrected chi connectivity index (χ2v) is 6.11. The summed E-state index contributed by atoms with van der Waals surface area (Å²) < 4.78 is 0. The number of carboxylic acid groups (broad SMARTS) is 1. The van der Waals surface area contributed by atoms with Gasteiger partial charge in [-0.1, -0.05) is 20.8 Å². The van der Waals surface area contributed by atoms with Crippen molar-refractivity contribution in [1.82, 2.24) is 0 Å². The Kier molecular flexibility index (Phi) is 2.01. The highest BCUT2D eigenvalue weighted by molar-refractivity contribution is 5.68. The molecule has 0 aromatic heterocycles. The number of rotatable bonds is 2. The molecule has 0 heterocycles. The molecule has 0 saturated heterocycles. The monoisotopic (exact) mass is 212 g/mol. The molecule has 0 unspecified atom stereocenters. The van der Waals surface area contributed by atoms with Crippen LogP contribution in [0.4, 0.5) is 0 Å². The number of aliphatic hydroxyl groups excluding tert-OH is 1. The third-order valence-electron chi connectivity index (χ3n) is 5.69. The molecule has 0 radical (unpaired) electrons. The van der Waals surface area contributed by atoms with Crippen molar-refractivity contribution < 1.29 is 15.0 Å². The van der Waals surface area contributed by atoms with Gasteiger partial charge in [0.05, 0.1) is 12.5 Å². The zero-order valence-electron chi connectivity index (χ0n) is 9.71. The van der Waals surface area contributed by atoms with E-state index in [2.05, 4.69) is 20.8 Å². The van der Waals surface area contributed by atoms with Crippen molar-refractivity contribution >= 4 is 5.97 Å². The molecule has 2 aliphatic rings. The zero-order valence-corrected chi connectivity index (χ0v) is 9.71. The van der Waals surface area contributed by atoms with Crippen LogP contribution < -0.4 is 0 Å². The Morgan fingerprint density at radius 1 is 1.33 bits per heavy atom. The number of carbonyl (C=O) groups is 1. The highest BCUT2D eigenvalue weighted by Crippen LogP contribution is 2.73. The van der Waals surface area contributed by atoms with Crippen molar-refractivity contribution in [1.29, 1.82) is 0 Å². The van der Waals surface area contributed by atoms with Gasteiger partial charge < -0.3 is 10.2 Å². The van der Waals surface area contributed by atoms with Crippen LogP contribution in [0.15, 0.2) is 0 Å². The average Bonchev–Trinajstić information content (AvgIpc) is 2.33. The maximum Gasteiger partial charge on any atom is 0.303 e. The van der Waals surface area contributed by atoms with Gasteiger partial charge in [0.25, 0.3) is 0 Å². The van der Waals surface area contributed by atoms with Gasteiger partial charge in [-0.05, 0) is 35.5 Å². The van der Waals surface area contributed by atoms with E-state index in [1.165, 1.54) is 0 Å². The molecular weight excluding hydrogens is 192 g/mol. The second kappa shape index (κ2) is 2.76. The van der Waals surface area contributed by atoms with Gasteiger partial charge in [-0.25, -0.2) is 0 Å². The lowest BCUT2D eigenvalue weighted by Gasteiger charge is -2.40. The summed E-state index contributed by atoms with van der Waals surface area (Å²) in [7, 11) is 0. The molecule has 2 rings (SSSR count). The van der Waals surface area contributed by atoms with Gasteiger partial charge in [-0.3, -0.25) is 4.79 Å². The molecule has 3 atom stereocenters. The van der Waals surface area contributed by atoms with Crippen LogP contribution in [-0.4, -0.2) is 22.3 Å². The van der Waals surface area contributed by atoms with Crippen LogP contribution in [0.3, 0.4) is 0 Å². The zero-order chi connectivity index (χ0) is 11.5. The smallest absolute Gasteiger partial charge is 0.303 e. The molecular formula is C12H20O3. The van der Waals surface area contributed by atoms with Gasteiger partial charge in [0.2, 0.25) is 0 Å². The van der Waals surface area contributed by atoms with Crippen LogP contribution in [0.1, 0.15) is 46.5 Å². The van der Waals surface area contributed by atoms with E-state index in [4.69, 9.17) is 5.11 Å². The third-order valence-corrected chi connectivity index (χ3v) is 5.69. The fraction of sp³-hybridized carbons (Fsp3) is 0.917. The SMILES string of the molecule is CC1(C)[C@]2(CC(=O)O)CC[C@]1(C)[C@@H](O)C2. The molecule has 2 N–H and O–H groups in total. The maximum absolute atomic E-state index is 11.0. The van der Waals surface area contributed by atoms with Crippen molar-refractivity contribution in [3.8, 4) is 0 Å². The van der Waals surface area contributed by atoms with Crippen molar-refractivity contribution in [2.24, 2.45) is 16.2 Å². The van der Waals surface area contributed by atoms with Crippen LogP contribution in [-0.2, 0) is 4.79 Å². The fourth-order valence-corrected chi connectivity index (χ4v) is 3.94. The molecule has 2 saturated carbocycles. The first-order valence-electron chi connectivity index (χ1n) is 5.65. The Bertz CT molecular complexity index is 310. The van der Waals surface area contributed by atoms with Gasteiger partial charge in [0.15, 0.2) is 0 Å². The summed E-state index contributed by atoms with van der Waals surface area (Å²) in [5.41, 5.74) is -0.354. The number of aliphatic hydroxyl groups is 1. The van der Waals surface area contributed by atoms with Gasteiger partial charge in [-0.15, -0.1) is 0 Å². The summed E-state index contributed by atoms with van der Waals surface area (Å²) in [6.45, 7) is 6.35. The first-order valence-corrected chi connectivity index (χ1v) is 5.65. The summed E-state index contributed by atoms with van der Waals surface area (Å²) in [5, 5.41) is 19.1. The third kappa shape index (κ3) is 1.07. The minimum Gasteiger partial charge on any atom is -0.481 e. The Morgan fingerprint density at radius 3 is 2.27 bits per heavy atom. The van der Waals surface area contributed by atoms with Crippen molar-refractivity contribution in [2.75, 3.05) is 0 Å². The molecule has 0 aliphatic heterocycles. The summed E-state index contributed by atoms with van der Waals surface area (Å²) in [4.78, 5) is 11.0. The number of hydrogen-bond acceptors (Lipinski definition) is 2. The van der Waals surface area contributed by atoms with E-state index in [1.807, 2.05) is 0 Å². The van der Waals surface area contributed by atoms with E-state index >= 15 is 0 Å². The molecule has 0 spiro atoms. The Labute approximate surface area is 90.5 Å². The molecule has 2 fully saturated rings. The van der Waals surface area contributed by atoms with E-state index < -0.39 is 5.97 Å². The standard InChI is InChI=1S/C12H20O3/c1-10(2)11(3)4-5-12(10,6-8(11)13)7-9(14)15/h8,13H,4-7H2,1-3H3,(H,14,15)/t8-,11+,12+/m0/s1. The minimum atomic E-state index is -0.735. The van der Waals surface area contributed by atoms with E-state index in [0.717, 1.165) is 12.8 Å². The molecule has 0 aromatic carbocycles. The average molecular weight is 212 g/mol.